The van der Waals surface area contributed by atoms with Crippen LogP contribution in [0.25, 0.3) is 0 Å². The lowest BCUT2D eigenvalue weighted by molar-refractivity contribution is 0.553. The van der Waals surface area contributed by atoms with Crippen LogP contribution in [-0.2, 0) is 16.6 Å². The molecule has 2 aromatic rings. The summed E-state index contributed by atoms with van der Waals surface area (Å²) in [5.41, 5.74) is 5.98. The lowest BCUT2D eigenvalue weighted by Gasteiger charge is -2.09. The van der Waals surface area contributed by atoms with E-state index >= 15 is 0 Å². The molecule has 0 fully saturated rings. The molecule has 1 aromatic heterocycles. The molecule has 0 aliphatic carbocycles. The number of nitrogen functional groups attached to an aromatic ring is 1. The Hall–Kier alpha value is -0.960. The summed E-state index contributed by atoms with van der Waals surface area (Å²) in [5.74, 6) is -0.779. The molecule has 20 heavy (non-hydrogen) atoms. The van der Waals surface area contributed by atoms with E-state index in [1.165, 1.54) is 24.3 Å². The highest BCUT2D eigenvalue weighted by atomic mass is 79.9. The van der Waals surface area contributed by atoms with Crippen LogP contribution in [0.2, 0.25) is 0 Å². The van der Waals surface area contributed by atoms with Crippen LogP contribution in [0.4, 0.5) is 10.1 Å². The number of nitrogens with two attached hydrogens (primary N) is 1. The molecule has 0 saturated heterocycles. The van der Waals surface area contributed by atoms with E-state index < -0.39 is 20.7 Å². The maximum absolute atomic E-state index is 13.9. The van der Waals surface area contributed by atoms with E-state index in [0.717, 1.165) is 14.7 Å². The number of thiophene rings is 1. The number of anilines is 1. The maximum atomic E-state index is 13.9. The van der Waals surface area contributed by atoms with Crippen molar-refractivity contribution < 1.29 is 12.8 Å². The van der Waals surface area contributed by atoms with Gasteiger partial charge in [0.15, 0.2) is 0 Å². The van der Waals surface area contributed by atoms with Crippen LogP contribution in [0, 0.1) is 12.7 Å². The van der Waals surface area contributed by atoms with E-state index in [0.29, 0.717) is 0 Å². The molecule has 1 aromatic carbocycles. The maximum Gasteiger partial charge on any atom is 0.243 e. The van der Waals surface area contributed by atoms with Crippen molar-refractivity contribution in [3.05, 3.63) is 44.3 Å². The molecule has 8 heteroatoms. The molecule has 3 N–H and O–H groups in total. The van der Waals surface area contributed by atoms with Gasteiger partial charge in [-0.2, -0.15) is 0 Å². The van der Waals surface area contributed by atoms with Crippen molar-refractivity contribution in [3.63, 3.8) is 0 Å². The minimum absolute atomic E-state index is 0.103. The van der Waals surface area contributed by atoms with E-state index in [4.69, 9.17) is 5.73 Å². The van der Waals surface area contributed by atoms with Crippen LogP contribution in [0.15, 0.2) is 32.9 Å². The van der Waals surface area contributed by atoms with Gasteiger partial charge in [0.1, 0.15) is 10.7 Å². The van der Waals surface area contributed by atoms with Crippen molar-refractivity contribution in [2.75, 3.05) is 5.73 Å². The van der Waals surface area contributed by atoms with Gasteiger partial charge in [-0.25, -0.2) is 17.5 Å². The summed E-state index contributed by atoms with van der Waals surface area (Å²) < 4.78 is 41.4. The normalized spacial score (nSPS) is 11.8. The van der Waals surface area contributed by atoms with Crippen molar-refractivity contribution in [1.29, 1.82) is 0 Å². The summed E-state index contributed by atoms with van der Waals surface area (Å²) in [4.78, 5) is 0.395. The number of rotatable bonds is 4. The summed E-state index contributed by atoms with van der Waals surface area (Å²) in [6.07, 6.45) is 0. The minimum atomic E-state index is -3.94. The Morgan fingerprint density at radius 1 is 1.40 bits per heavy atom. The average molecular weight is 379 g/mol. The first kappa shape index (κ1) is 15.4. The fourth-order valence-corrected chi connectivity index (χ4v) is 4.35. The van der Waals surface area contributed by atoms with Crippen molar-refractivity contribution >= 4 is 43.0 Å². The molecule has 0 saturated carbocycles. The van der Waals surface area contributed by atoms with Crippen LogP contribution in [0.3, 0.4) is 0 Å². The quantitative estimate of drug-likeness (QED) is 0.803. The van der Waals surface area contributed by atoms with Gasteiger partial charge >= 0.3 is 0 Å². The number of aryl methyl sites for hydroxylation is 1. The van der Waals surface area contributed by atoms with Gasteiger partial charge in [-0.15, -0.1) is 11.3 Å². The zero-order valence-corrected chi connectivity index (χ0v) is 13.7. The van der Waals surface area contributed by atoms with Gasteiger partial charge < -0.3 is 5.73 Å². The second-order valence-corrected chi connectivity index (χ2v) is 8.46. The molecule has 0 unspecified atom stereocenters. The van der Waals surface area contributed by atoms with Gasteiger partial charge in [0.2, 0.25) is 10.0 Å². The van der Waals surface area contributed by atoms with Gasteiger partial charge in [0.25, 0.3) is 0 Å². The minimum Gasteiger partial charge on any atom is -0.399 e. The number of hydrogen-bond acceptors (Lipinski definition) is 4. The van der Waals surface area contributed by atoms with Gasteiger partial charge in [0, 0.05) is 17.1 Å². The topological polar surface area (TPSA) is 72.2 Å². The molecular formula is C12H12BrFN2O2S2. The van der Waals surface area contributed by atoms with Crippen molar-refractivity contribution in [2.24, 2.45) is 0 Å². The monoisotopic (exact) mass is 378 g/mol. The van der Waals surface area contributed by atoms with E-state index in [1.807, 2.05) is 6.07 Å². The number of benzene rings is 1. The first-order chi connectivity index (χ1) is 9.29. The summed E-state index contributed by atoms with van der Waals surface area (Å²) in [5, 5.41) is 0. The number of hydrogen-bond donors (Lipinski definition) is 2. The van der Waals surface area contributed by atoms with Crippen molar-refractivity contribution in [1.82, 2.24) is 4.72 Å². The van der Waals surface area contributed by atoms with Crippen LogP contribution in [-0.4, -0.2) is 8.42 Å². The zero-order chi connectivity index (χ0) is 14.9. The number of sulfonamides is 1. The largest absolute Gasteiger partial charge is 0.399 e. The lowest BCUT2D eigenvalue weighted by atomic mass is 10.2. The molecule has 2 rings (SSSR count). The Labute approximate surface area is 129 Å². The SMILES string of the molecule is Cc1cc(N)cc(S(=O)(=O)NCc2ccc(Br)s2)c1F. The summed E-state index contributed by atoms with van der Waals surface area (Å²) >= 11 is 4.70. The summed E-state index contributed by atoms with van der Waals surface area (Å²) in [6, 6.07) is 6.12. The molecule has 1 heterocycles. The van der Waals surface area contributed by atoms with Gasteiger partial charge in [-0.3, -0.25) is 0 Å². The number of nitrogens with one attached hydrogen (secondary N) is 1. The Bertz CT molecular complexity index is 744. The molecule has 0 amide bonds. The van der Waals surface area contributed by atoms with Crippen LogP contribution >= 0.6 is 27.3 Å². The molecule has 0 atom stereocenters. The van der Waals surface area contributed by atoms with Gasteiger partial charge in [0.05, 0.1) is 3.79 Å². The summed E-state index contributed by atoms with van der Waals surface area (Å²) in [6.45, 7) is 1.58. The average Bonchev–Trinajstić information content (AvgIpc) is 2.77. The first-order valence-electron chi connectivity index (χ1n) is 5.59. The molecule has 108 valence electrons. The van der Waals surface area contributed by atoms with Gasteiger partial charge in [-0.05, 0) is 52.7 Å². The molecule has 0 spiro atoms. The van der Waals surface area contributed by atoms with Crippen LogP contribution in [0.5, 0.6) is 0 Å². The third kappa shape index (κ3) is 3.38. The van der Waals surface area contributed by atoms with E-state index in [-0.39, 0.29) is 17.8 Å². The molecule has 0 aliphatic rings. The lowest BCUT2D eigenvalue weighted by Crippen LogP contribution is -2.24. The fraction of sp³-hybridized carbons (Fsp3) is 0.167. The Balaban J connectivity index is 2.27. The predicted molar refractivity (Wildman–Crippen MR) is 81.6 cm³/mol. The van der Waals surface area contributed by atoms with Crippen LogP contribution in [0.1, 0.15) is 10.4 Å². The third-order valence-corrected chi connectivity index (χ3v) is 5.62. The Morgan fingerprint density at radius 2 is 2.10 bits per heavy atom. The first-order valence-corrected chi connectivity index (χ1v) is 8.68. The highest BCUT2D eigenvalue weighted by Gasteiger charge is 2.21. The predicted octanol–water partition coefficient (Wildman–Crippen LogP) is 3.02. The fourth-order valence-electron chi connectivity index (χ4n) is 1.65. The second kappa shape index (κ2) is 5.80. The molecular weight excluding hydrogens is 367 g/mol. The Kier molecular flexibility index (Phi) is 4.48. The summed E-state index contributed by atoms with van der Waals surface area (Å²) in [7, 11) is -3.94. The van der Waals surface area contributed by atoms with Gasteiger partial charge in [-0.1, -0.05) is 0 Å². The molecule has 0 bridgehead atoms. The highest BCUT2D eigenvalue weighted by Crippen LogP contribution is 2.24. The molecule has 4 nitrogen and oxygen atoms in total. The second-order valence-electron chi connectivity index (χ2n) is 4.18. The van der Waals surface area contributed by atoms with E-state index in [1.54, 1.807) is 6.07 Å². The van der Waals surface area contributed by atoms with E-state index in [2.05, 4.69) is 20.7 Å². The third-order valence-electron chi connectivity index (χ3n) is 2.60. The van der Waals surface area contributed by atoms with Crippen LogP contribution < -0.4 is 10.5 Å². The standard InChI is InChI=1S/C12H12BrFN2O2S2/c1-7-4-8(15)5-10(12(7)14)20(17,18)16-6-9-2-3-11(13)19-9/h2-5,16H,6,15H2,1H3. The smallest absolute Gasteiger partial charge is 0.243 e. The highest BCUT2D eigenvalue weighted by molar-refractivity contribution is 9.11. The van der Waals surface area contributed by atoms with E-state index in [9.17, 15) is 12.8 Å². The van der Waals surface area contributed by atoms with Crippen molar-refractivity contribution in [2.45, 2.75) is 18.4 Å². The van der Waals surface area contributed by atoms with Crippen molar-refractivity contribution in [3.8, 4) is 0 Å². The molecule has 0 aliphatic heterocycles. The number of halogens is 2. The Morgan fingerprint density at radius 3 is 2.70 bits per heavy atom. The zero-order valence-electron chi connectivity index (χ0n) is 10.5. The molecule has 0 radical (unpaired) electrons.